The fourth-order valence-corrected chi connectivity index (χ4v) is 2.75. The van der Waals surface area contributed by atoms with E-state index in [1.54, 1.807) is 12.1 Å². The van der Waals surface area contributed by atoms with Crippen LogP contribution >= 0.6 is 23.2 Å². The Morgan fingerprint density at radius 1 is 1.44 bits per heavy atom. The minimum atomic E-state index is -0.248. The highest BCUT2D eigenvalue weighted by atomic mass is 35.5. The number of amides is 1. The van der Waals surface area contributed by atoms with Crippen LogP contribution in [0, 0.1) is 11.8 Å². The Kier molecular flexibility index (Phi) is 4.46. The van der Waals surface area contributed by atoms with Crippen molar-refractivity contribution < 1.29 is 4.79 Å². The number of hydrogen-bond donors (Lipinski definition) is 1. The van der Waals surface area contributed by atoms with Gasteiger partial charge in [-0.3, -0.25) is 4.79 Å². The summed E-state index contributed by atoms with van der Waals surface area (Å²) in [4.78, 5) is 15.9. The predicted octanol–water partition coefficient (Wildman–Crippen LogP) is 3.55. The number of nitrogens with zero attached hydrogens (tertiary/aromatic N) is 1. The summed E-state index contributed by atoms with van der Waals surface area (Å²) in [5.41, 5.74) is 0.204. The lowest BCUT2D eigenvalue weighted by Gasteiger charge is -2.11. The Morgan fingerprint density at radius 2 is 2.22 bits per heavy atom. The number of halogens is 2. The molecule has 1 aromatic rings. The second-order valence-electron chi connectivity index (χ2n) is 4.96. The molecule has 2 rings (SSSR count). The van der Waals surface area contributed by atoms with Crippen molar-refractivity contribution in [1.82, 2.24) is 10.3 Å². The molecule has 0 saturated heterocycles. The van der Waals surface area contributed by atoms with Gasteiger partial charge >= 0.3 is 0 Å². The number of pyridine rings is 1. The van der Waals surface area contributed by atoms with E-state index in [4.69, 9.17) is 23.2 Å². The molecule has 5 heteroatoms. The summed E-state index contributed by atoms with van der Waals surface area (Å²) in [5, 5.41) is 3.49. The van der Waals surface area contributed by atoms with Crippen molar-refractivity contribution in [2.24, 2.45) is 11.8 Å². The van der Waals surface area contributed by atoms with Gasteiger partial charge in [-0.15, -0.1) is 0 Å². The van der Waals surface area contributed by atoms with Gasteiger partial charge < -0.3 is 5.32 Å². The molecule has 1 aliphatic carbocycles. The maximum absolute atomic E-state index is 11.9. The highest BCUT2D eigenvalue weighted by Gasteiger charge is 2.22. The molecule has 1 fully saturated rings. The van der Waals surface area contributed by atoms with Crippen LogP contribution in [0.2, 0.25) is 10.2 Å². The molecule has 18 heavy (non-hydrogen) atoms. The fourth-order valence-electron chi connectivity index (χ4n) is 2.41. The van der Waals surface area contributed by atoms with E-state index in [2.05, 4.69) is 17.2 Å². The molecule has 1 aliphatic rings. The van der Waals surface area contributed by atoms with Crippen molar-refractivity contribution in [1.29, 1.82) is 0 Å². The van der Waals surface area contributed by atoms with Crippen molar-refractivity contribution in [3.8, 4) is 0 Å². The average molecular weight is 287 g/mol. The van der Waals surface area contributed by atoms with E-state index in [1.165, 1.54) is 19.3 Å². The molecule has 1 amide bonds. The molecule has 1 aromatic heterocycles. The quantitative estimate of drug-likeness (QED) is 0.864. The molecule has 1 saturated carbocycles. The minimum Gasteiger partial charge on any atom is -0.350 e. The van der Waals surface area contributed by atoms with Crippen molar-refractivity contribution in [3.05, 3.63) is 28.0 Å². The van der Waals surface area contributed by atoms with Gasteiger partial charge in [-0.25, -0.2) is 4.98 Å². The van der Waals surface area contributed by atoms with Crippen LogP contribution in [0.25, 0.3) is 0 Å². The van der Waals surface area contributed by atoms with E-state index in [1.807, 2.05) is 0 Å². The maximum Gasteiger partial charge on any atom is 0.271 e. The largest absolute Gasteiger partial charge is 0.350 e. The molecule has 0 bridgehead atoms. The highest BCUT2D eigenvalue weighted by molar-refractivity contribution is 6.34. The molecule has 0 aromatic carbocycles. The van der Waals surface area contributed by atoms with E-state index in [9.17, 15) is 4.79 Å². The molecule has 2 unspecified atom stereocenters. The molecule has 0 spiro atoms. The van der Waals surface area contributed by atoms with Gasteiger partial charge in [0.05, 0.1) is 5.02 Å². The summed E-state index contributed by atoms with van der Waals surface area (Å²) >= 11 is 11.7. The van der Waals surface area contributed by atoms with E-state index in [-0.39, 0.29) is 16.8 Å². The van der Waals surface area contributed by atoms with E-state index in [0.717, 1.165) is 5.92 Å². The first kappa shape index (κ1) is 13.6. The van der Waals surface area contributed by atoms with Gasteiger partial charge in [-0.1, -0.05) is 36.5 Å². The Balaban J connectivity index is 1.93. The smallest absolute Gasteiger partial charge is 0.271 e. The van der Waals surface area contributed by atoms with Crippen molar-refractivity contribution in [2.45, 2.75) is 26.2 Å². The van der Waals surface area contributed by atoms with Crippen molar-refractivity contribution >= 4 is 29.1 Å². The lowest BCUT2D eigenvalue weighted by Crippen LogP contribution is -2.29. The number of rotatable bonds is 3. The molecular weight excluding hydrogens is 271 g/mol. The molecule has 98 valence electrons. The first-order valence-electron chi connectivity index (χ1n) is 6.16. The summed E-state index contributed by atoms with van der Waals surface area (Å²) in [6.45, 7) is 2.94. The molecule has 2 atom stereocenters. The first-order chi connectivity index (χ1) is 8.56. The number of carbonyl (C=O) groups excluding carboxylic acids is 1. The molecule has 0 aliphatic heterocycles. The van der Waals surface area contributed by atoms with Gasteiger partial charge in [0.2, 0.25) is 0 Å². The summed E-state index contributed by atoms with van der Waals surface area (Å²) in [6.07, 6.45) is 3.60. The lowest BCUT2D eigenvalue weighted by atomic mass is 10.1. The standard InChI is InChI=1S/C13H16Cl2N2O/c1-8-2-3-9(6-8)7-16-13(18)12-10(14)4-5-11(15)17-12/h4-5,8-9H,2-3,6-7H2,1H3,(H,16,18). The van der Waals surface area contributed by atoms with Gasteiger partial charge in [0.25, 0.3) is 5.91 Å². The van der Waals surface area contributed by atoms with Gasteiger partial charge in [0.15, 0.2) is 0 Å². The first-order valence-corrected chi connectivity index (χ1v) is 6.92. The van der Waals surface area contributed by atoms with Crippen LogP contribution in [0.4, 0.5) is 0 Å². The van der Waals surface area contributed by atoms with Crippen LogP contribution in [0.3, 0.4) is 0 Å². The zero-order valence-electron chi connectivity index (χ0n) is 10.2. The van der Waals surface area contributed by atoms with Crippen LogP contribution in [0.15, 0.2) is 12.1 Å². The summed E-state index contributed by atoms with van der Waals surface area (Å²) in [6, 6.07) is 3.16. The Bertz CT molecular complexity index is 451. The molecule has 0 radical (unpaired) electrons. The maximum atomic E-state index is 11.9. The summed E-state index contributed by atoms with van der Waals surface area (Å²) < 4.78 is 0. The van der Waals surface area contributed by atoms with Crippen molar-refractivity contribution in [2.75, 3.05) is 6.54 Å². The van der Waals surface area contributed by atoms with E-state index < -0.39 is 0 Å². The SMILES string of the molecule is CC1CCC(CNC(=O)c2nc(Cl)ccc2Cl)C1. The third-order valence-corrected chi connectivity index (χ3v) is 3.90. The molecule has 3 nitrogen and oxygen atoms in total. The van der Waals surface area contributed by atoms with Crippen LogP contribution in [-0.4, -0.2) is 17.4 Å². The molecule has 1 N–H and O–H groups in total. The number of carbonyl (C=O) groups is 1. The third-order valence-electron chi connectivity index (χ3n) is 3.38. The van der Waals surface area contributed by atoms with Crippen molar-refractivity contribution in [3.63, 3.8) is 0 Å². The Hall–Kier alpha value is -0.800. The predicted molar refractivity (Wildman–Crippen MR) is 73.1 cm³/mol. The Labute approximate surface area is 117 Å². The van der Waals surface area contributed by atoms with Crippen LogP contribution in [0.1, 0.15) is 36.7 Å². The monoisotopic (exact) mass is 286 g/mol. The lowest BCUT2D eigenvalue weighted by molar-refractivity contribution is 0.0942. The second kappa shape index (κ2) is 5.89. The van der Waals surface area contributed by atoms with Crippen LogP contribution < -0.4 is 5.32 Å². The van der Waals surface area contributed by atoms with Gasteiger partial charge in [0.1, 0.15) is 10.8 Å². The van der Waals surface area contributed by atoms with Gasteiger partial charge in [-0.2, -0.15) is 0 Å². The topological polar surface area (TPSA) is 42.0 Å². The number of aromatic nitrogens is 1. The zero-order valence-corrected chi connectivity index (χ0v) is 11.8. The van der Waals surface area contributed by atoms with E-state index in [0.29, 0.717) is 17.5 Å². The van der Waals surface area contributed by atoms with Gasteiger partial charge in [-0.05, 0) is 36.8 Å². The molecular formula is C13H16Cl2N2O. The Morgan fingerprint density at radius 3 is 2.89 bits per heavy atom. The minimum absolute atomic E-state index is 0.204. The molecule has 1 heterocycles. The number of nitrogens with one attached hydrogen (secondary N) is 1. The summed E-state index contributed by atoms with van der Waals surface area (Å²) in [7, 11) is 0. The second-order valence-corrected chi connectivity index (χ2v) is 5.75. The number of hydrogen-bond acceptors (Lipinski definition) is 2. The average Bonchev–Trinajstić information content (AvgIpc) is 2.75. The highest BCUT2D eigenvalue weighted by Crippen LogP contribution is 2.29. The van der Waals surface area contributed by atoms with Crippen LogP contribution in [-0.2, 0) is 0 Å². The third kappa shape index (κ3) is 3.36. The van der Waals surface area contributed by atoms with E-state index >= 15 is 0 Å². The normalized spacial score (nSPS) is 23.1. The summed E-state index contributed by atoms with van der Waals surface area (Å²) in [5.74, 6) is 1.09. The van der Waals surface area contributed by atoms with Gasteiger partial charge in [0, 0.05) is 6.54 Å². The zero-order chi connectivity index (χ0) is 13.1. The fraction of sp³-hybridized carbons (Fsp3) is 0.538. The van der Waals surface area contributed by atoms with Crippen LogP contribution in [0.5, 0.6) is 0 Å².